The number of pyridine rings is 1. The topological polar surface area (TPSA) is 85.4 Å². The number of aryl methyl sites for hydroxylation is 1. The first kappa shape index (κ1) is 23.0. The second kappa shape index (κ2) is 9.61. The van der Waals surface area contributed by atoms with Crippen LogP contribution < -0.4 is 4.72 Å². The Kier molecular flexibility index (Phi) is 7.11. The van der Waals surface area contributed by atoms with E-state index in [2.05, 4.69) is 14.4 Å². The maximum Gasteiger partial charge on any atom is 0.338 e. The summed E-state index contributed by atoms with van der Waals surface area (Å²) in [6.45, 7) is 1.68. The van der Waals surface area contributed by atoms with Crippen molar-refractivity contribution < 1.29 is 26.7 Å². The number of hydrogen-bond acceptors (Lipinski definition) is 6. The van der Waals surface area contributed by atoms with E-state index in [9.17, 15) is 22.0 Å². The molecular formula is C21H20F2N2O4S2. The molecule has 0 spiro atoms. The highest BCUT2D eigenvalue weighted by atomic mass is 32.2. The van der Waals surface area contributed by atoms with Crippen molar-refractivity contribution in [2.24, 2.45) is 0 Å². The zero-order chi connectivity index (χ0) is 22.6. The van der Waals surface area contributed by atoms with Crippen LogP contribution in [0.4, 0.5) is 14.5 Å². The summed E-state index contributed by atoms with van der Waals surface area (Å²) in [5, 5.41) is 0.614. The highest BCUT2D eigenvalue weighted by Gasteiger charge is 2.19. The van der Waals surface area contributed by atoms with E-state index < -0.39 is 27.6 Å². The number of halogens is 2. The van der Waals surface area contributed by atoms with E-state index in [0.717, 1.165) is 5.57 Å². The molecule has 0 radical (unpaired) electrons. The monoisotopic (exact) mass is 466 g/mol. The van der Waals surface area contributed by atoms with E-state index >= 15 is 0 Å². The van der Waals surface area contributed by atoms with Crippen molar-refractivity contribution in [1.29, 1.82) is 0 Å². The number of nitrogens with one attached hydrogen (secondary N) is 1. The van der Waals surface area contributed by atoms with E-state index in [4.69, 9.17) is 0 Å². The van der Waals surface area contributed by atoms with Crippen LogP contribution in [0.5, 0.6) is 0 Å². The van der Waals surface area contributed by atoms with Gasteiger partial charge in [0.25, 0.3) is 10.0 Å². The largest absolute Gasteiger partial charge is 0.465 e. The maximum atomic E-state index is 13.3. The van der Waals surface area contributed by atoms with Crippen molar-refractivity contribution in [2.45, 2.75) is 29.7 Å². The van der Waals surface area contributed by atoms with Gasteiger partial charge in [-0.3, -0.25) is 4.72 Å². The number of anilines is 1. The molecule has 0 atom stereocenters. The number of benzene rings is 1. The number of rotatable bonds is 7. The van der Waals surface area contributed by atoms with Crippen LogP contribution >= 0.6 is 11.8 Å². The van der Waals surface area contributed by atoms with Gasteiger partial charge in [-0.2, -0.15) is 0 Å². The Labute approximate surface area is 183 Å². The third kappa shape index (κ3) is 5.71. The predicted octanol–water partition coefficient (Wildman–Crippen LogP) is 4.94. The third-order valence-electron chi connectivity index (χ3n) is 4.57. The van der Waals surface area contributed by atoms with Gasteiger partial charge in [-0.15, -0.1) is 11.8 Å². The van der Waals surface area contributed by atoms with Gasteiger partial charge in [-0.1, -0.05) is 11.6 Å². The van der Waals surface area contributed by atoms with Gasteiger partial charge in [0.1, 0.15) is 5.83 Å². The number of carbonyl (C=O) groups is 1. The molecule has 164 valence electrons. The Morgan fingerprint density at radius 3 is 2.65 bits per heavy atom. The number of allylic oxidation sites excluding steroid dienone is 3. The molecule has 0 amide bonds. The van der Waals surface area contributed by atoms with Crippen molar-refractivity contribution in [1.82, 2.24) is 4.98 Å². The Balaban J connectivity index is 1.68. The third-order valence-corrected chi connectivity index (χ3v) is 7.01. The Morgan fingerprint density at radius 2 is 2.00 bits per heavy atom. The Hall–Kier alpha value is -2.72. The lowest BCUT2D eigenvalue weighted by Crippen LogP contribution is -2.14. The molecule has 2 aromatic rings. The lowest BCUT2D eigenvalue weighted by Gasteiger charge is -2.12. The first-order valence-corrected chi connectivity index (χ1v) is 11.7. The van der Waals surface area contributed by atoms with Crippen LogP contribution in [0.2, 0.25) is 0 Å². The van der Waals surface area contributed by atoms with Gasteiger partial charge in [0.05, 0.1) is 34.5 Å². The number of esters is 1. The number of methoxy groups -OCH3 is 1. The molecule has 10 heteroatoms. The minimum absolute atomic E-state index is 0.0586. The standard InChI is InChI=1S/C21H20F2N2O4S2/c1-13-3-6-16(10-17(13)21(26)29-2)31(27,28)25-15-5-8-20(24-11-15)30-12-14-4-7-18(22)19(23)9-14/h3,5-6,8-11,25H,4,7,12H2,1-2H3. The van der Waals surface area contributed by atoms with Crippen LogP contribution in [-0.2, 0) is 14.8 Å². The summed E-state index contributed by atoms with van der Waals surface area (Å²) in [5.74, 6) is -1.72. The summed E-state index contributed by atoms with van der Waals surface area (Å²) in [6, 6.07) is 7.37. The van der Waals surface area contributed by atoms with E-state index in [1.807, 2.05) is 0 Å². The first-order chi connectivity index (χ1) is 14.7. The highest BCUT2D eigenvalue weighted by molar-refractivity contribution is 7.99. The first-order valence-electron chi connectivity index (χ1n) is 9.24. The number of hydrogen-bond donors (Lipinski definition) is 1. The van der Waals surface area contributed by atoms with Crippen LogP contribution in [0, 0.1) is 6.92 Å². The summed E-state index contributed by atoms with van der Waals surface area (Å²) < 4.78 is 58.9. The number of sulfonamides is 1. The Bertz CT molecular complexity index is 1160. The van der Waals surface area contributed by atoms with Crippen molar-refractivity contribution >= 4 is 33.4 Å². The molecule has 1 aliphatic rings. The summed E-state index contributed by atoms with van der Waals surface area (Å²) in [6.07, 6.45) is 3.08. The van der Waals surface area contributed by atoms with Crippen molar-refractivity contribution in [3.05, 3.63) is 71.0 Å². The Morgan fingerprint density at radius 1 is 1.23 bits per heavy atom. The molecule has 31 heavy (non-hydrogen) atoms. The van der Waals surface area contributed by atoms with Gasteiger partial charge in [-0.25, -0.2) is 27.0 Å². The van der Waals surface area contributed by atoms with E-state index in [1.54, 1.807) is 19.1 Å². The van der Waals surface area contributed by atoms with Gasteiger partial charge < -0.3 is 4.74 Å². The zero-order valence-corrected chi connectivity index (χ0v) is 18.4. The van der Waals surface area contributed by atoms with Gasteiger partial charge >= 0.3 is 5.97 Å². The SMILES string of the molecule is COC(=O)c1cc(S(=O)(=O)Nc2ccc(SCC3=CC(F)=C(F)CC3)nc2)ccc1C. The number of nitrogens with zero attached hydrogens (tertiary/aromatic N) is 1. The lowest BCUT2D eigenvalue weighted by atomic mass is 10.1. The van der Waals surface area contributed by atoms with E-state index in [1.165, 1.54) is 49.3 Å². The van der Waals surface area contributed by atoms with Crippen LogP contribution in [0.25, 0.3) is 0 Å². The van der Waals surface area contributed by atoms with Crippen molar-refractivity contribution in [3.63, 3.8) is 0 Å². The minimum atomic E-state index is -3.94. The van der Waals surface area contributed by atoms with E-state index in [0.29, 0.717) is 22.8 Å². The lowest BCUT2D eigenvalue weighted by molar-refractivity contribution is 0.0599. The summed E-state index contributed by atoms with van der Waals surface area (Å²) in [5.41, 5.74) is 1.78. The van der Waals surface area contributed by atoms with Gasteiger partial charge in [0.2, 0.25) is 0 Å². The van der Waals surface area contributed by atoms with Crippen LogP contribution in [0.3, 0.4) is 0 Å². The molecule has 6 nitrogen and oxygen atoms in total. The average Bonchev–Trinajstić information content (AvgIpc) is 2.75. The molecule has 1 aromatic heterocycles. The fourth-order valence-corrected chi connectivity index (χ4v) is 4.76. The molecule has 1 aromatic carbocycles. The molecule has 0 unspecified atom stereocenters. The molecule has 0 saturated carbocycles. The fourth-order valence-electron chi connectivity index (χ4n) is 2.84. The molecular weight excluding hydrogens is 446 g/mol. The quantitative estimate of drug-likeness (QED) is 0.460. The van der Waals surface area contributed by atoms with Crippen LogP contribution in [0.1, 0.15) is 28.8 Å². The number of carbonyl (C=O) groups excluding carboxylic acids is 1. The number of thioether (sulfide) groups is 1. The molecule has 0 saturated heterocycles. The summed E-state index contributed by atoms with van der Waals surface area (Å²) in [7, 11) is -2.72. The normalized spacial score (nSPS) is 14.3. The molecule has 3 rings (SSSR count). The predicted molar refractivity (Wildman–Crippen MR) is 115 cm³/mol. The average molecular weight is 467 g/mol. The van der Waals surface area contributed by atoms with E-state index in [-0.39, 0.29) is 22.6 Å². The summed E-state index contributed by atoms with van der Waals surface area (Å²) in [4.78, 5) is 15.9. The molecule has 1 aliphatic carbocycles. The van der Waals surface area contributed by atoms with Gasteiger partial charge in [0, 0.05) is 12.2 Å². The van der Waals surface area contributed by atoms with Crippen LogP contribution in [-0.4, -0.2) is 32.2 Å². The molecule has 1 heterocycles. The van der Waals surface area contributed by atoms with Crippen molar-refractivity contribution in [2.75, 3.05) is 17.6 Å². The zero-order valence-electron chi connectivity index (χ0n) is 16.8. The molecule has 0 aliphatic heterocycles. The fraction of sp³-hybridized carbons (Fsp3) is 0.238. The van der Waals surface area contributed by atoms with Gasteiger partial charge in [-0.05, 0) is 49.2 Å². The second-order valence-electron chi connectivity index (χ2n) is 6.80. The smallest absolute Gasteiger partial charge is 0.338 e. The van der Waals surface area contributed by atoms with Crippen molar-refractivity contribution in [3.8, 4) is 0 Å². The number of aromatic nitrogens is 1. The minimum Gasteiger partial charge on any atom is -0.465 e. The molecule has 0 fully saturated rings. The summed E-state index contributed by atoms with van der Waals surface area (Å²) >= 11 is 1.34. The van der Waals surface area contributed by atoms with Crippen LogP contribution in [0.15, 0.2) is 69.8 Å². The number of ether oxygens (including phenoxy) is 1. The molecule has 0 bridgehead atoms. The molecule has 1 N–H and O–H groups in total. The highest BCUT2D eigenvalue weighted by Crippen LogP contribution is 2.30. The maximum absolute atomic E-state index is 13.3. The van der Waals surface area contributed by atoms with Gasteiger partial charge in [0.15, 0.2) is 5.83 Å². The second-order valence-corrected chi connectivity index (χ2v) is 9.48.